The molecule has 1 N–H and O–H groups in total. The summed E-state index contributed by atoms with van der Waals surface area (Å²) >= 11 is 1.66. The van der Waals surface area contributed by atoms with Crippen LogP contribution in [0.3, 0.4) is 0 Å². The maximum atomic E-state index is 6.06. The number of ether oxygens (including phenoxy) is 3. The molecule has 5 rings (SSSR count). The first-order valence-corrected chi connectivity index (χ1v) is 10.3. The zero-order valence-electron chi connectivity index (χ0n) is 15.2. The Morgan fingerprint density at radius 2 is 1.93 bits per heavy atom. The molecule has 2 fully saturated rings. The first-order chi connectivity index (χ1) is 13.9. The number of aromatic nitrogens is 2. The number of benzene rings is 1. The molecule has 2 aliphatic heterocycles. The van der Waals surface area contributed by atoms with E-state index < -0.39 is 0 Å². The summed E-state index contributed by atoms with van der Waals surface area (Å²) in [6.45, 7) is 1.65. The van der Waals surface area contributed by atoms with Crippen LogP contribution >= 0.6 is 11.3 Å². The van der Waals surface area contributed by atoms with Crippen LogP contribution in [0, 0.1) is 0 Å². The van der Waals surface area contributed by atoms with E-state index in [4.69, 9.17) is 14.2 Å². The van der Waals surface area contributed by atoms with Crippen molar-refractivity contribution in [3.05, 3.63) is 65.7 Å². The highest BCUT2D eigenvalue weighted by Gasteiger charge is 2.48. The van der Waals surface area contributed by atoms with Gasteiger partial charge in [0.2, 0.25) is 5.95 Å². The normalized spacial score (nSPS) is 26.3. The van der Waals surface area contributed by atoms with Crippen LogP contribution in [0.2, 0.25) is 0 Å². The van der Waals surface area contributed by atoms with E-state index in [0.717, 1.165) is 16.1 Å². The molecule has 0 amide bonds. The SMILES string of the molecule is c1ccc(CO[C@H]2CO[C@@H]3[C@@H]2OC[C@@H]3Nc2nccc(-c3cccs3)n2)cc1. The van der Waals surface area contributed by atoms with E-state index in [-0.39, 0.29) is 24.4 Å². The lowest BCUT2D eigenvalue weighted by Gasteiger charge is -2.18. The number of anilines is 1. The van der Waals surface area contributed by atoms with Crippen molar-refractivity contribution in [1.29, 1.82) is 0 Å². The van der Waals surface area contributed by atoms with Gasteiger partial charge in [0, 0.05) is 6.20 Å². The van der Waals surface area contributed by atoms with E-state index in [1.54, 1.807) is 17.5 Å². The number of nitrogens with one attached hydrogen (secondary N) is 1. The highest BCUT2D eigenvalue weighted by molar-refractivity contribution is 7.13. The molecular weight excluding hydrogens is 374 g/mol. The predicted molar refractivity (Wildman–Crippen MR) is 107 cm³/mol. The van der Waals surface area contributed by atoms with Crippen LogP contribution in [-0.4, -0.2) is 47.5 Å². The fraction of sp³-hybridized carbons (Fsp3) is 0.333. The van der Waals surface area contributed by atoms with Crippen molar-refractivity contribution in [3.63, 3.8) is 0 Å². The van der Waals surface area contributed by atoms with Gasteiger partial charge in [-0.2, -0.15) is 0 Å². The van der Waals surface area contributed by atoms with E-state index in [1.807, 2.05) is 35.7 Å². The summed E-state index contributed by atoms with van der Waals surface area (Å²) in [6.07, 6.45) is 1.59. The average Bonchev–Trinajstić information content (AvgIpc) is 3.47. The van der Waals surface area contributed by atoms with Crippen LogP contribution in [0.25, 0.3) is 10.6 Å². The Hall–Kier alpha value is -2.32. The van der Waals surface area contributed by atoms with Crippen molar-refractivity contribution in [1.82, 2.24) is 9.97 Å². The minimum Gasteiger partial charge on any atom is -0.370 e. The number of fused-ring (bicyclic) bond motifs is 1. The van der Waals surface area contributed by atoms with Gasteiger partial charge in [-0.25, -0.2) is 9.97 Å². The van der Waals surface area contributed by atoms with Gasteiger partial charge in [0.05, 0.1) is 36.4 Å². The predicted octanol–water partition coefficient (Wildman–Crippen LogP) is 3.37. The lowest BCUT2D eigenvalue weighted by molar-refractivity contribution is -0.0388. The molecule has 28 heavy (non-hydrogen) atoms. The zero-order valence-corrected chi connectivity index (χ0v) is 16.0. The zero-order chi connectivity index (χ0) is 18.8. The van der Waals surface area contributed by atoms with Gasteiger partial charge in [-0.05, 0) is 23.1 Å². The lowest BCUT2D eigenvalue weighted by atomic mass is 10.1. The molecule has 6 nitrogen and oxygen atoms in total. The van der Waals surface area contributed by atoms with Gasteiger partial charge < -0.3 is 19.5 Å². The molecule has 3 aromatic rings. The van der Waals surface area contributed by atoms with Gasteiger partial charge in [0.15, 0.2) is 0 Å². The minimum absolute atomic E-state index is 0.00825. The third-order valence-corrected chi connectivity index (χ3v) is 5.95. The van der Waals surface area contributed by atoms with E-state index in [2.05, 4.69) is 33.5 Å². The molecule has 2 aromatic heterocycles. The maximum absolute atomic E-state index is 6.06. The summed E-state index contributed by atoms with van der Waals surface area (Å²) in [5.74, 6) is 0.595. The Morgan fingerprint density at radius 3 is 2.79 bits per heavy atom. The van der Waals surface area contributed by atoms with E-state index in [9.17, 15) is 0 Å². The van der Waals surface area contributed by atoms with Gasteiger partial charge in [0.1, 0.15) is 18.3 Å². The molecule has 2 aliphatic rings. The Bertz CT molecular complexity index is 906. The number of hydrogen-bond donors (Lipinski definition) is 1. The second-order valence-corrected chi connectivity index (χ2v) is 7.87. The molecule has 0 radical (unpaired) electrons. The third kappa shape index (κ3) is 3.66. The second kappa shape index (κ2) is 7.97. The molecule has 2 saturated heterocycles. The Kier molecular flexibility index (Phi) is 5.05. The first-order valence-electron chi connectivity index (χ1n) is 9.39. The smallest absolute Gasteiger partial charge is 0.223 e. The Balaban J connectivity index is 1.21. The van der Waals surface area contributed by atoms with Crippen LogP contribution < -0.4 is 5.32 Å². The molecule has 4 heterocycles. The topological polar surface area (TPSA) is 65.5 Å². The first kappa shape index (κ1) is 17.8. The van der Waals surface area contributed by atoms with Crippen LogP contribution in [0.5, 0.6) is 0 Å². The standard InChI is InChI=1S/C21H21N3O3S/c1-2-5-14(6-3-1)11-25-17-13-27-19-16(12-26-20(17)19)24-21-22-9-8-15(23-21)18-7-4-10-28-18/h1-10,16-17,19-20H,11-13H2,(H,22,23,24)/t16-,17-,19-,20+/m0/s1. The van der Waals surface area contributed by atoms with Crippen LogP contribution in [-0.2, 0) is 20.8 Å². The minimum atomic E-state index is -0.0679. The van der Waals surface area contributed by atoms with Crippen molar-refractivity contribution >= 4 is 17.3 Å². The van der Waals surface area contributed by atoms with Crippen LogP contribution in [0.15, 0.2) is 60.1 Å². The van der Waals surface area contributed by atoms with Gasteiger partial charge in [-0.15, -0.1) is 11.3 Å². The summed E-state index contributed by atoms with van der Waals surface area (Å²) in [5.41, 5.74) is 2.07. The molecule has 144 valence electrons. The third-order valence-electron chi connectivity index (χ3n) is 5.06. The van der Waals surface area contributed by atoms with Crippen molar-refractivity contribution in [2.45, 2.75) is 31.0 Å². The summed E-state index contributed by atoms with van der Waals surface area (Å²) in [5, 5.41) is 5.43. The molecule has 0 spiro atoms. The fourth-order valence-corrected chi connectivity index (χ4v) is 4.36. The molecule has 0 aliphatic carbocycles. The van der Waals surface area contributed by atoms with Crippen molar-refractivity contribution in [2.75, 3.05) is 18.5 Å². The molecule has 0 bridgehead atoms. The summed E-state index contributed by atoms with van der Waals surface area (Å²) in [6, 6.07) is 16.2. The summed E-state index contributed by atoms with van der Waals surface area (Å²) in [7, 11) is 0. The molecule has 1 aromatic carbocycles. The monoisotopic (exact) mass is 395 g/mol. The van der Waals surface area contributed by atoms with E-state index in [1.165, 1.54) is 0 Å². The van der Waals surface area contributed by atoms with Crippen LogP contribution in [0.4, 0.5) is 5.95 Å². The van der Waals surface area contributed by atoms with Gasteiger partial charge in [-0.3, -0.25) is 0 Å². The second-order valence-electron chi connectivity index (χ2n) is 6.92. The maximum Gasteiger partial charge on any atom is 0.223 e. The largest absolute Gasteiger partial charge is 0.370 e. The molecule has 7 heteroatoms. The van der Waals surface area contributed by atoms with Crippen LogP contribution in [0.1, 0.15) is 5.56 Å². The quantitative estimate of drug-likeness (QED) is 0.690. The van der Waals surface area contributed by atoms with E-state index in [0.29, 0.717) is 25.8 Å². The average molecular weight is 395 g/mol. The lowest BCUT2D eigenvalue weighted by Crippen LogP contribution is -2.37. The fourth-order valence-electron chi connectivity index (χ4n) is 3.66. The summed E-state index contributed by atoms with van der Waals surface area (Å²) < 4.78 is 18.1. The highest BCUT2D eigenvalue weighted by Crippen LogP contribution is 2.31. The van der Waals surface area contributed by atoms with Crippen molar-refractivity contribution in [2.24, 2.45) is 0 Å². The number of rotatable bonds is 6. The van der Waals surface area contributed by atoms with E-state index >= 15 is 0 Å². The Labute approximate surface area is 167 Å². The highest BCUT2D eigenvalue weighted by atomic mass is 32.1. The number of nitrogens with zero attached hydrogens (tertiary/aromatic N) is 2. The van der Waals surface area contributed by atoms with Gasteiger partial charge >= 0.3 is 0 Å². The van der Waals surface area contributed by atoms with Gasteiger partial charge in [-0.1, -0.05) is 36.4 Å². The van der Waals surface area contributed by atoms with Crippen molar-refractivity contribution < 1.29 is 14.2 Å². The summed E-state index contributed by atoms with van der Waals surface area (Å²) in [4.78, 5) is 10.1. The molecular formula is C21H21N3O3S. The Morgan fingerprint density at radius 1 is 1.04 bits per heavy atom. The number of thiophene rings is 1. The van der Waals surface area contributed by atoms with Crippen molar-refractivity contribution in [3.8, 4) is 10.6 Å². The number of hydrogen-bond acceptors (Lipinski definition) is 7. The molecule has 0 saturated carbocycles. The molecule has 0 unspecified atom stereocenters. The molecule has 4 atom stereocenters. The van der Waals surface area contributed by atoms with Gasteiger partial charge in [0.25, 0.3) is 0 Å².